The van der Waals surface area contributed by atoms with Crippen LogP contribution in [0.1, 0.15) is 27.3 Å². The molecule has 3 heterocycles. The standard InChI is InChI=1S/C23H28N6O2/c1-16-13-19(21-17(2)26-27(3)22(21)25-16)23(31)29-11-9-28(10-12-29)15-20(30)24-14-18-7-5-4-6-8-18/h4-8,13H,9-12,14-15H2,1-3H3,(H,24,30). The third kappa shape index (κ3) is 4.59. The SMILES string of the molecule is Cc1cc(C(=O)N2CCN(CC(=O)NCc3ccccc3)CC2)c2c(C)nn(C)c2n1. The molecule has 0 radical (unpaired) electrons. The Morgan fingerprint density at radius 3 is 2.48 bits per heavy atom. The average Bonchev–Trinajstić information content (AvgIpc) is 3.05. The van der Waals surface area contributed by atoms with E-state index in [0.29, 0.717) is 44.8 Å². The molecule has 31 heavy (non-hydrogen) atoms. The summed E-state index contributed by atoms with van der Waals surface area (Å²) in [5.41, 5.74) is 4.07. The number of piperazine rings is 1. The number of nitrogens with one attached hydrogen (secondary N) is 1. The molecule has 0 unspecified atom stereocenters. The third-order valence-electron chi connectivity index (χ3n) is 5.69. The Morgan fingerprint density at radius 2 is 1.77 bits per heavy atom. The van der Waals surface area contributed by atoms with Gasteiger partial charge in [0, 0.05) is 45.5 Å². The summed E-state index contributed by atoms with van der Waals surface area (Å²) in [7, 11) is 1.84. The van der Waals surface area contributed by atoms with Crippen molar-refractivity contribution in [2.45, 2.75) is 20.4 Å². The lowest BCUT2D eigenvalue weighted by Crippen LogP contribution is -2.51. The van der Waals surface area contributed by atoms with E-state index in [-0.39, 0.29) is 11.8 Å². The Labute approximate surface area is 181 Å². The van der Waals surface area contributed by atoms with E-state index in [1.807, 2.05) is 62.2 Å². The van der Waals surface area contributed by atoms with Crippen LogP contribution in [0.25, 0.3) is 11.0 Å². The van der Waals surface area contributed by atoms with Crippen molar-refractivity contribution in [2.75, 3.05) is 32.7 Å². The van der Waals surface area contributed by atoms with Crippen LogP contribution < -0.4 is 5.32 Å². The first kappa shape index (κ1) is 21.0. The van der Waals surface area contributed by atoms with Gasteiger partial charge < -0.3 is 10.2 Å². The monoisotopic (exact) mass is 420 g/mol. The summed E-state index contributed by atoms with van der Waals surface area (Å²) < 4.78 is 1.72. The Morgan fingerprint density at radius 1 is 1.06 bits per heavy atom. The molecule has 8 heteroatoms. The fourth-order valence-electron chi connectivity index (χ4n) is 4.07. The zero-order valence-electron chi connectivity index (χ0n) is 18.3. The molecule has 3 aromatic rings. The van der Waals surface area contributed by atoms with Gasteiger partial charge in [0.25, 0.3) is 5.91 Å². The van der Waals surface area contributed by atoms with Gasteiger partial charge in [-0.1, -0.05) is 30.3 Å². The van der Waals surface area contributed by atoms with Crippen molar-refractivity contribution in [3.63, 3.8) is 0 Å². The van der Waals surface area contributed by atoms with Gasteiger partial charge in [-0.25, -0.2) is 4.98 Å². The highest BCUT2D eigenvalue weighted by atomic mass is 16.2. The Bertz CT molecular complexity index is 1100. The zero-order valence-corrected chi connectivity index (χ0v) is 18.3. The van der Waals surface area contributed by atoms with Crippen molar-refractivity contribution in [1.29, 1.82) is 0 Å². The van der Waals surface area contributed by atoms with Gasteiger partial charge in [-0.15, -0.1) is 0 Å². The number of aryl methyl sites for hydroxylation is 3. The molecule has 2 amide bonds. The van der Waals surface area contributed by atoms with Gasteiger partial charge in [-0.05, 0) is 25.5 Å². The van der Waals surface area contributed by atoms with Crippen molar-refractivity contribution in [3.05, 3.63) is 58.9 Å². The van der Waals surface area contributed by atoms with Crippen LogP contribution in [0.2, 0.25) is 0 Å². The number of benzene rings is 1. The highest BCUT2D eigenvalue weighted by Crippen LogP contribution is 2.23. The van der Waals surface area contributed by atoms with E-state index >= 15 is 0 Å². The molecule has 1 saturated heterocycles. The van der Waals surface area contributed by atoms with E-state index in [9.17, 15) is 9.59 Å². The molecule has 1 fully saturated rings. The fraction of sp³-hybridized carbons (Fsp3) is 0.391. The maximum atomic E-state index is 13.3. The average molecular weight is 421 g/mol. The van der Waals surface area contributed by atoms with Crippen LogP contribution in [0.5, 0.6) is 0 Å². The minimum absolute atomic E-state index is 0.000205. The quantitative estimate of drug-likeness (QED) is 0.679. The number of fused-ring (bicyclic) bond motifs is 1. The molecule has 2 aromatic heterocycles. The van der Waals surface area contributed by atoms with E-state index in [1.54, 1.807) is 4.68 Å². The van der Waals surface area contributed by atoms with Crippen LogP contribution >= 0.6 is 0 Å². The number of hydrogen-bond donors (Lipinski definition) is 1. The predicted octanol–water partition coefficient (Wildman–Crippen LogP) is 1.66. The number of nitrogens with zero attached hydrogens (tertiary/aromatic N) is 5. The fourth-order valence-corrected chi connectivity index (χ4v) is 4.07. The Balaban J connectivity index is 1.35. The van der Waals surface area contributed by atoms with E-state index in [1.165, 1.54) is 0 Å². The van der Waals surface area contributed by atoms with Crippen LogP contribution in [0.4, 0.5) is 0 Å². The summed E-state index contributed by atoms with van der Waals surface area (Å²) in [4.78, 5) is 34.1. The Hall–Kier alpha value is -3.26. The number of pyridine rings is 1. The predicted molar refractivity (Wildman–Crippen MR) is 119 cm³/mol. The van der Waals surface area contributed by atoms with Gasteiger partial charge in [0.05, 0.1) is 23.2 Å². The normalized spacial score (nSPS) is 14.7. The van der Waals surface area contributed by atoms with E-state index in [0.717, 1.165) is 28.0 Å². The summed E-state index contributed by atoms with van der Waals surface area (Å²) in [6.45, 7) is 7.19. The first-order chi connectivity index (χ1) is 14.9. The largest absolute Gasteiger partial charge is 0.351 e. The lowest BCUT2D eigenvalue weighted by molar-refractivity contribution is -0.122. The molecule has 0 aliphatic carbocycles. The number of carbonyl (C=O) groups excluding carboxylic acids is 2. The molecule has 162 valence electrons. The van der Waals surface area contributed by atoms with Crippen molar-refractivity contribution in [1.82, 2.24) is 29.9 Å². The van der Waals surface area contributed by atoms with Crippen molar-refractivity contribution < 1.29 is 9.59 Å². The summed E-state index contributed by atoms with van der Waals surface area (Å²) in [6.07, 6.45) is 0. The molecule has 0 atom stereocenters. The van der Waals surface area contributed by atoms with Gasteiger partial charge in [-0.3, -0.25) is 19.2 Å². The summed E-state index contributed by atoms with van der Waals surface area (Å²) >= 11 is 0. The molecular weight excluding hydrogens is 392 g/mol. The number of amides is 2. The number of carbonyl (C=O) groups is 2. The number of rotatable bonds is 5. The maximum Gasteiger partial charge on any atom is 0.254 e. The number of aromatic nitrogens is 3. The van der Waals surface area contributed by atoms with Crippen molar-refractivity contribution in [2.24, 2.45) is 7.05 Å². The molecule has 1 aliphatic heterocycles. The Kier molecular flexibility index (Phi) is 5.99. The van der Waals surface area contributed by atoms with E-state index in [2.05, 4.69) is 20.3 Å². The summed E-state index contributed by atoms with van der Waals surface area (Å²) in [6, 6.07) is 11.7. The van der Waals surface area contributed by atoms with Crippen LogP contribution in [0.15, 0.2) is 36.4 Å². The van der Waals surface area contributed by atoms with Crippen LogP contribution in [0, 0.1) is 13.8 Å². The number of hydrogen-bond acceptors (Lipinski definition) is 5. The van der Waals surface area contributed by atoms with Crippen LogP contribution in [-0.4, -0.2) is 69.1 Å². The second kappa shape index (κ2) is 8.85. The minimum atomic E-state index is -0.000205. The summed E-state index contributed by atoms with van der Waals surface area (Å²) in [5, 5.41) is 8.22. The molecular formula is C23H28N6O2. The summed E-state index contributed by atoms with van der Waals surface area (Å²) in [5.74, 6) is 0.000797. The van der Waals surface area contributed by atoms with Gasteiger partial charge in [0.1, 0.15) is 0 Å². The maximum absolute atomic E-state index is 13.3. The third-order valence-corrected chi connectivity index (χ3v) is 5.69. The molecule has 1 aliphatic rings. The lowest BCUT2D eigenvalue weighted by Gasteiger charge is -2.34. The molecule has 0 spiro atoms. The van der Waals surface area contributed by atoms with Gasteiger partial charge in [0.15, 0.2) is 5.65 Å². The molecule has 1 aromatic carbocycles. The van der Waals surface area contributed by atoms with E-state index in [4.69, 9.17) is 0 Å². The molecule has 4 rings (SSSR count). The molecule has 1 N–H and O–H groups in total. The highest BCUT2D eigenvalue weighted by Gasteiger charge is 2.26. The second-order valence-corrected chi connectivity index (χ2v) is 8.05. The molecule has 8 nitrogen and oxygen atoms in total. The van der Waals surface area contributed by atoms with E-state index < -0.39 is 0 Å². The second-order valence-electron chi connectivity index (χ2n) is 8.05. The first-order valence-electron chi connectivity index (χ1n) is 10.6. The van der Waals surface area contributed by atoms with Gasteiger partial charge in [-0.2, -0.15) is 5.10 Å². The molecule has 0 saturated carbocycles. The van der Waals surface area contributed by atoms with Crippen LogP contribution in [0.3, 0.4) is 0 Å². The minimum Gasteiger partial charge on any atom is -0.351 e. The van der Waals surface area contributed by atoms with Crippen molar-refractivity contribution in [3.8, 4) is 0 Å². The van der Waals surface area contributed by atoms with Crippen molar-refractivity contribution >= 4 is 22.8 Å². The highest BCUT2D eigenvalue weighted by molar-refractivity contribution is 6.06. The lowest BCUT2D eigenvalue weighted by atomic mass is 10.1. The molecule has 0 bridgehead atoms. The van der Waals surface area contributed by atoms with Crippen LogP contribution in [-0.2, 0) is 18.4 Å². The van der Waals surface area contributed by atoms with Gasteiger partial charge in [0.2, 0.25) is 5.91 Å². The topological polar surface area (TPSA) is 83.4 Å². The first-order valence-corrected chi connectivity index (χ1v) is 10.6. The van der Waals surface area contributed by atoms with Gasteiger partial charge >= 0.3 is 0 Å². The zero-order chi connectivity index (χ0) is 22.0. The smallest absolute Gasteiger partial charge is 0.254 e.